The second-order valence-electron chi connectivity index (χ2n) is 4.94. The highest BCUT2D eigenvalue weighted by molar-refractivity contribution is 5.81. The van der Waals surface area contributed by atoms with Crippen LogP contribution in [0.1, 0.15) is 11.7 Å². The van der Waals surface area contributed by atoms with Crippen LogP contribution in [0.4, 0.5) is 5.95 Å². The Hall–Kier alpha value is -2.44. The summed E-state index contributed by atoms with van der Waals surface area (Å²) in [5.41, 5.74) is 0.990. The first kappa shape index (κ1) is 12.6. The number of carbonyl (C=O) groups excluding carboxylic acids is 1. The van der Waals surface area contributed by atoms with E-state index in [1.807, 2.05) is 11.0 Å². The number of hydrogen-bond acceptors (Lipinski definition) is 5. The van der Waals surface area contributed by atoms with E-state index in [-0.39, 0.29) is 11.9 Å². The van der Waals surface area contributed by atoms with Crippen LogP contribution in [0.5, 0.6) is 0 Å². The number of nitrogens with zero attached hydrogens (tertiary/aromatic N) is 6. The van der Waals surface area contributed by atoms with Crippen molar-refractivity contribution >= 4 is 11.9 Å². The predicted molar refractivity (Wildman–Crippen MR) is 73.0 cm³/mol. The third-order valence-corrected chi connectivity index (χ3v) is 3.35. The van der Waals surface area contributed by atoms with Gasteiger partial charge in [-0.15, -0.1) is 0 Å². The van der Waals surface area contributed by atoms with Crippen molar-refractivity contribution < 1.29 is 4.79 Å². The van der Waals surface area contributed by atoms with Crippen LogP contribution in [0.25, 0.3) is 0 Å². The fraction of sp³-hybridized carbons (Fsp3) is 0.385. The largest absolute Gasteiger partial charge is 0.347 e. The summed E-state index contributed by atoms with van der Waals surface area (Å²) in [5, 5.41) is 4.27. The Labute approximate surface area is 116 Å². The minimum absolute atomic E-state index is 0.0237. The van der Waals surface area contributed by atoms with Crippen molar-refractivity contribution in [2.75, 3.05) is 25.5 Å². The summed E-state index contributed by atoms with van der Waals surface area (Å²) in [6.45, 7) is 1.18. The lowest BCUT2D eigenvalue weighted by molar-refractivity contribution is -0.132. The van der Waals surface area contributed by atoms with Gasteiger partial charge < -0.3 is 9.80 Å². The third-order valence-electron chi connectivity index (χ3n) is 3.35. The first-order valence-electron chi connectivity index (χ1n) is 6.42. The van der Waals surface area contributed by atoms with Crippen molar-refractivity contribution in [2.24, 2.45) is 0 Å². The molecule has 1 atom stereocenters. The molecule has 0 radical (unpaired) electrons. The zero-order valence-corrected chi connectivity index (χ0v) is 11.5. The summed E-state index contributed by atoms with van der Waals surface area (Å²) in [5.74, 6) is 0.659. The zero-order valence-electron chi connectivity index (χ0n) is 11.5. The molecule has 0 N–H and O–H groups in total. The maximum Gasteiger partial charge on any atom is 0.248 e. The van der Waals surface area contributed by atoms with E-state index in [1.54, 1.807) is 48.3 Å². The smallest absolute Gasteiger partial charge is 0.248 e. The molecular weight excluding hydrogens is 256 g/mol. The Morgan fingerprint density at radius 3 is 2.75 bits per heavy atom. The molecule has 1 unspecified atom stereocenters. The summed E-state index contributed by atoms with van der Waals surface area (Å²) in [4.78, 5) is 24.4. The summed E-state index contributed by atoms with van der Waals surface area (Å²) in [6.07, 6.45) is 5.13. The Bertz CT molecular complexity index is 608. The molecule has 2 aromatic rings. The van der Waals surface area contributed by atoms with Gasteiger partial charge in [0.25, 0.3) is 0 Å². The molecule has 20 heavy (non-hydrogen) atoms. The second-order valence-corrected chi connectivity index (χ2v) is 4.94. The van der Waals surface area contributed by atoms with Gasteiger partial charge in [-0.05, 0) is 12.1 Å². The van der Waals surface area contributed by atoms with Gasteiger partial charge in [-0.25, -0.2) is 9.97 Å². The normalized spacial score (nSPS) is 17.7. The fourth-order valence-corrected chi connectivity index (χ4v) is 2.38. The van der Waals surface area contributed by atoms with Crippen molar-refractivity contribution in [1.82, 2.24) is 24.6 Å². The van der Waals surface area contributed by atoms with Crippen LogP contribution in [0, 0.1) is 0 Å². The molecule has 0 aromatic carbocycles. The highest BCUT2D eigenvalue weighted by atomic mass is 16.2. The summed E-state index contributed by atoms with van der Waals surface area (Å²) < 4.78 is 1.79. The third kappa shape index (κ3) is 2.11. The van der Waals surface area contributed by atoms with Crippen LogP contribution in [0.2, 0.25) is 0 Å². The minimum atomic E-state index is -0.340. The molecule has 0 saturated heterocycles. The van der Waals surface area contributed by atoms with Gasteiger partial charge in [-0.1, -0.05) is 0 Å². The Balaban J connectivity index is 1.95. The van der Waals surface area contributed by atoms with Crippen LogP contribution >= 0.6 is 0 Å². The SMILES string of the molecule is CN(C)C(=O)C1CN(c2ncccn2)Cc2ccnn21. The molecule has 1 aliphatic heterocycles. The highest BCUT2D eigenvalue weighted by Gasteiger charge is 2.32. The lowest BCUT2D eigenvalue weighted by atomic mass is 10.1. The van der Waals surface area contributed by atoms with E-state index in [0.29, 0.717) is 19.0 Å². The highest BCUT2D eigenvalue weighted by Crippen LogP contribution is 2.24. The molecule has 1 aliphatic rings. The number of anilines is 1. The van der Waals surface area contributed by atoms with Crippen LogP contribution in [-0.4, -0.2) is 51.2 Å². The maximum atomic E-state index is 12.3. The van der Waals surface area contributed by atoms with E-state index in [4.69, 9.17) is 0 Å². The fourth-order valence-electron chi connectivity index (χ4n) is 2.38. The quantitative estimate of drug-likeness (QED) is 0.787. The van der Waals surface area contributed by atoms with E-state index < -0.39 is 0 Å². The standard InChI is InChI=1S/C13H16N6O/c1-17(2)12(20)11-9-18(13-14-5-3-6-15-13)8-10-4-7-16-19(10)11/h3-7,11H,8-9H2,1-2H3. The van der Waals surface area contributed by atoms with E-state index in [0.717, 1.165) is 5.69 Å². The first-order valence-corrected chi connectivity index (χ1v) is 6.42. The molecule has 0 saturated carbocycles. The Morgan fingerprint density at radius 2 is 2.05 bits per heavy atom. The van der Waals surface area contributed by atoms with Crippen LogP contribution in [-0.2, 0) is 11.3 Å². The monoisotopic (exact) mass is 272 g/mol. The van der Waals surface area contributed by atoms with Crippen molar-refractivity contribution in [3.05, 3.63) is 36.4 Å². The molecule has 7 nitrogen and oxygen atoms in total. The number of amides is 1. The van der Waals surface area contributed by atoms with E-state index >= 15 is 0 Å². The Kier molecular flexibility index (Phi) is 3.09. The molecule has 0 bridgehead atoms. The summed E-state index contributed by atoms with van der Waals surface area (Å²) in [7, 11) is 3.51. The van der Waals surface area contributed by atoms with Gasteiger partial charge in [-0.2, -0.15) is 5.10 Å². The molecular formula is C13H16N6O. The van der Waals surface area contributed by atoms with Crippen LogP contribution in [0.3, 0.4) is 0 Å². The van der Waals surface area contributed by atoms with E-state index in [2.05, 4.69) is 15.1 Å². The summed E-state index contributed by atoms with van der Waals surface area (Å²) >= 11 is 0. The van der Waals surface area contributed by atoms with Crippen molar-refractivity contribution in [2.45, 2.75) is 12.6 Å². The van der Waals surface area contributed by atoms with Gasteiger partial charge in [0.1, 0.15) is 6.04 Å². The van der Waals surface area contributed by atoms with Gasteiger partial charge in [0.05, 0.1) is 18.8 Å². The Morgan fingerprint density at radius 1 is 1.30 bits per heavy atom. The number of carbonyl (C=O) groups is 1. The van der Waals surface area contributed by atoms with Crippen molar-refractivity contribution in [3.63, 3.8) is 0 Å². The second kappa shape index (κ2) is 4.92. The molecule has 0 fully saturated rings. The average Bonchev–Trinajstić information content (AvgIpc) is 2.94. The molecule has 0 aliphatic carbocycles. The molecule has 2 aromatic heterocycles. The van der Waals surface area contributed by atoms with E-state index in [9.17, 15) is 4.79 Å². The number of likely N-dealkylation sites (N-methyl/N-ethyl adjacent to an activating group) is 1. The molecule has 3 heterocycles. The molecule has 104 valence electrons. The van der Waals surface area contributed by atoms with Crippen LogP contribution in [0.15, 0.2) is 30.7 Å². The number of fused-ring (bicyclic) bond motifs is 1. The maximum absolute atomic E-state index is 12.3. The first-order chi connectivity index (χ1) is 9.66. The molecule has 1 amide bonds. The van der Waals surface area contributed by atoms with E-state index in [1.165, 1.54) is 0 Å². The summed E-state index contributed by atoms with van der Waals surface area (Å²) in [6, 6.07) is 3.36. The van der Waals surface area contributed by atoms with Gasteiger partial charge >= 0.3 is 0 Å². The van der Waals surface area contributed by atoms with Gasteiger partial charge in [0.2, 0.25) is 11.9 Å². The van der Waals surface area contributed by atoms with Gasteiger partial charge in [0.15, 0.2) is 0 Å². The van der Waals surface area contributed by atoms with Crippen molar-refractivity contribution in [1.29, 1.82) is 0 Å². The topological polar surface area (TPSA) is 67.2 Å². The minimum Gasteiger partial charge on any atom is -0.347 e. The number of hydrogen-bond donors (Lipinski definition) is 0. The number of rotatable bonds is 2. The van der Waals surface area contributed by atoms with Crippen molar-refractivity contribution in [3.8, 4) is 0 Å². The average molecular weight is 272 g/mol. The van der Waals surface area contributed by atoms with Gasteiger partial charge in [0, 0.05) is 32.7 Å². The molecule has 0 spiro atoms. The van der Waals surface area contributed by atoms with Gasteiger partial charge in [-0.3, -0.25) is 9.48 Å². The lowest BCUT2D eigenvalue weighted by Gasteiger charge is -2.34. The zero-order chi connectivity index (χ0) is 14.1. The van der Waals surface area contributed by atoms with Crippen LogP contribution < -0.4 is 4.90 Å². The predicted octanol–water partition coefficient (Wildman–Crippen LogP) is 0.323. The molecule has 7 heteroatoms. The number of aromatic nitrogens is 4. The lowest BCUT2D eigenvalue weighted by Crippen LogP contribution is -2.45. The molecule has 3 rings (SSSR count).